The average molecular weight is 776 g/mol. The van der Waals surface area contributed by atoms with Gasteiger partial charge < -0.3 is 15.7 Å². The van der Waals surface area contributed by atoms with E-state index in [2.05, 4.69) is 77.1 Å². The Bertz CT molecular complexity index is 1240. The molecule has 5 heteroatoms. The molecule has 0 radical (unpaired) electrons. The zero-order valence-electron chi connectivity index (χ0n) is 35.3. The van der Waals surface area contributed by atoms with E-state index < -0.39 is 0 Å². The molecule has 4 nitrogen and oxygen atoms in total. The summed E-state index contributed by atoms with van der Waals surface area (Å²) in [6.07, 6.45) is 30.7. The largest absolute Gasteiger partial charge is 0.493 e. The number of nitrogens with zero attached hydrogens (tertiary/aromatic N) is 2. The van der Waals surface area contributed by atoms with Crippen LogP contribution in [0.1, 0.15) is 204 Å². The summed E-state index contributed by atoms with van der Waals surface area (Å²) in [7, 11) is 0. The number of hydrogen-bond acceptors (Lipinski definition) is 2. The second-order valence-corrected chi connectivity index (χ2v) is 14.8. The fourth-order valence-corrected chi connectivity index (χ4v) is 6.99. The summed E-state index contributed by atoms with van der Waals surface area (Å²) in [6.45, 7) is 15.3. The molecule has 2 aromatic rings. The van der Waals surface area contributed by atoms with Gasteiger partial charge in [-0.25, -0.2) is 4.70 Å². The van der Waals surface area contributed by atoms with Crippen molar-refractivity contribution in [1.29, 1.82) is 0 Å². The molecular formula is C48H80N2NiO2. The molecule has 1 aliphatic heterocycles. The predicted octanol–water partition coefficient (Wildman–Crippen LogP) is 14.2. The van der Waals surface area contributed by atoms with E-state index in [4.69, 9.17) is 10.2 Å². The van der Waals surface area contributed by atoms with Gasteiger partial charge in [-0.3, -0.25) is 0 Å². The molecule has 0 atom stereocenters. The molecule has 1 aliphatic rings. The van der Waals surface area contributed by atoms with Gasteiger partial charge in [0.2, 0.25) is 11.4 Å². The van der Waals surface area contributed by atoms with Gasteiger partial charge >= 0.3 is 0 Å². The van der Waals surface area contributed by atoms with E-state index in [0.29, 0.717) is 0 Å². The normalized spacial score (nSPS) is 12.2. The Labute approximate surface area is 337 Å². The van der Waals surface area contributed by atoms with Crippen molar-refractivity contribution in [2.45, 2.75) is 196 Å². The third-order valence-electron chi connectivity index (χ3n) is 9.81. The predicted molar refractivity (Wildman–Crippen MR) is 228 cm³/mol. The number of hydrogen-bond donors (Lipinski definition) is 2. The number of benzene rings is 2. The molecule has 0 bridgehead atoms. The number of aliphatic hydroxyl groups excluding tert-OH is 2. The molecule has 0 amide bonds. The van der Waals surface area contributed by atoms with Gasteiger partial charge in [0, 0.05) is 52.5 Å². The first kappa shape index (κ1) is 50.9. The quantitative estimate of drug-likeness (QED) is 0.0599. The van der Waals surface area contributed by atoms with Gasteiger partial charge in [0.1, 0.15) is 0 Å². The summed E-state index contributed by atoms with van der Waals surface area (Å²) in [4.78, 5) is 0. The van der Waals surface area contributed by atoms with Crippen LogP contribution in [-0.2, 0) is 42.2 Å². The van der Waals surface area contributed by atoms with Crippen LogP contribution in [0.25, 0.3) is 16.9 Å². The maximum absolute atomic E-state index is 12.0. The number of aryl methyl sites for hydroxylation is 4. The van der Waals surface area contributed by atoms with Gasteiger partial charge in [-0.2, -0.15) is 0 Å². The first-order chi connectivity index (χ1) is 25.4. The van der Waals surface area contributed by atoms with Gasteiger partial charge in [0.15, 0.2) is 0 Å². The van der Waals surface area contributed by atoms with Crippen molar-refractivity contribution in [2.24, 2.45) is 0 Å². The fraction of sp³-hybridized carbons (Fsp3) is 0.667. The van der Waals surface area contributed by atoms with Gasteiger partial charge in [-0.15, -0.1) is 0 Å². The Kier molecular flexibility index (Phi) is 32.0. The number of unbranched alkanes of at least 4 members (excludes halogenated alkanes) is 13. The minimum Gasteiger partial charge on any atom is -0.493 e. The molecule has 1 heterocycles. The fourth-order valence-electron chi connectivity index (χ4n) is 6.99. The van der Waals surface area contributed by atoms with Gasteiger partial charge in [-0.05, 0) is 125 Å². The molecule has 2 aromatic carbocycles. The topological polar surface area (TPSA) is 65.8 Å². The van der Waals surface area contributed by atoms with Crippen LogP contribution in [0.5, 0.6) is 0 Å². The Morgan fingerprint density at radius 2 is 0.755 bits per heavy atom. The summed E-state index contributed by atoms with van der Waals surface area (Å²) in [6, 6.07) is 14.4. The Morgan fingerprint density at radius 3 is 1.15 bits per heavy atom. The minimum absolute atomic E-state index is 0. The summed E-state index contributed by atoms with van der Waals surface area (Å²) in [5.41, 5.74) is 23.4. The number of allylic oxidation sites excluding steroid dienone is 2. The molecule has 0 saturated carbocycles. The smallest absolute Gasteiger partial charge is 0.210 e. The van der Waals surface area contributed by atoms with Gasteiger partial charge in [-0.1, -0.05) is 130 Å². The van der Waals surface area contributed by atoms with E-state index in [1.807, 2.05) is 0 Å². The van der Waals surface area contributed by atoms with Crippen molar-refractivity contribution in [3.63, 3.8) is 0 Å². The molecule has 53 heavy (non-hydrogen) atoms. The molecule has 0 spiro atoms. The Morgan fingerprint density at radius 1 is 0.434 bits per heavy atom. The van der Waals surface area contributed by atoms with Crippen molar-refractivity contribution < 1.29 is 31.4 Å². The molecule has 2 N–H and O–H groups in total. The number of rotatable bonds is 25. The van der Waals surface area contributed by atoms with Crippen LogP contribution in [0.3, 0.4) is 0 Å². The second-order valence-electron chi connectivity index (χ2n) is 14.8. The maximum Gasteiger partial charge on any atom is 0.210 e. The van der Waals surface area contributed by atoms with E-state index in [1.165, 1.54) is 142 Å². The van der Waals surface area contributed by atoms with Crippen LogP contribution in [-0.4, -0.2) is 28.1 Å². The van der Waals surface area contributed by atoms with E-state index >= 15 is 0 Å². The average Bonchev–Trinajstić information content (AvgIpc) is 3.47. The third kappa shape index (κ3) is 21.0. The Hall–Kier alpha value is -2.07. The molecule has 0 aromatic heterocycles. The van der Waals surface area contributed by atoms with E-state index in [-0.39, 0.29) is 29.7 Å². The third-order valence-corrected chi connectivity index (χ3v) is 9.81. The Balaban J connectivity index is 0.00000361. The van der Waals surface area contributed by atoms with E-state index in [1.54, 1.807) is 18.5 Å². The minimum atomic E-state index is 0. The summed E-state index contributed by atoms with van der Waals surface area (Å²) in [5, 5.41) is 15.1. The SMILES string of the molecule is CCCCCCCCc1cc(CCCCCCCC)cc(C2=C(CCCC)C=C(c3cc(CCCC)cc(CCCC)c3)[N+]2=[N-])c1.CCO.CCO.[Ni]. The summed E-state index contributed by atoms with van der Waals surface area (Å²) < 4.78 is 1.56. The van der Waals surface area contributed by atoms with Crippen LogP contribution in [0.2, 0.25) is 0 Å². The monoisotopic (exact) mass is 775 g/mol. The molecule has 0 fully saturated rings. The van der Waals surface area contributed by atoms with Crippen LogP contribution in [0, 0.1) is 0 Å². The van der Waals surface area contributed by atoms with E-state index in [9.17, 15) is 5.53 Å². The van der Waals surface area contributed by atoms with Crippen molar-refractivity contribution in [2.75, 3.05) is 13.2 Å². The van der Waals surface area contributed by atoms with Crippen LogP contribution < -0.4 is 0 Å². The van der Waals surface area contributed by atoms with Gasteiger partial charge in [0.05, 0.1) is 0 Å². The zero-order chi connectivity index (χ0) is 38.4. The zero-order valence-corrected chi connectivity index (χ0v) is 36.3. The van der Waals surface area contributed by atoms with Crippen molar-refractivity contribution in [3.8, 4) is 0 Å². The second kappa shape index (κ2) is 33.3. The van der Waals surface area contributed by atoms with Crippen LogP contribution >= 0.6 is 0 Å². The summed E-state index contributed by atoms with van der Waals surface area (Å²) in [5.74, 6) is 0. The first-order valence-corrected chi connectivity index (χ1v) is 21.8. The number of aliphatic hydroxyl groups is 2. The van der Waals surface area contributed by atoms with Crippen LogP contribution in [0.4, 0.5) is 0 Å². The standard InChI is InChI=1S/C44H68N2.2C2H6O.Ni/c1-6-11-16-18-20-22-26-38-30-39(27-23-21-19-17-12-7-2)34-42(33-38)44-40(28-15-10-5)35-43(46(44)45)41-31-36(24-13-8-3)29-37(32-41)25-14-9-4;2*1-2-3;/h29-35H,6-28H2,1-5H3;2*3H,2H2,1H3;. The molecule has 0 saturated heterocycles. The molecule has 0 unspecified atom stereocenters. The van der Waals surface area contributed by atoms with Crippen molar-refractivity contribution in [3.05, 3.63) is 87.0 Å². The maximum atomic E-state index is 12.0. The molecule has 3 rings (SSSR count). The van der Waals surface area contributed by atoms with Gasteiger partial charge in [0.25, 0.3) is 0 Å². The van der Waals surface area contributed by atoms with E-state index in [0.717, 1.165) is 56.3 Å². The summed E-state index contributed by atoms with van der Waals surface area (Å²) >= 11 is 0. The molecular weight excluding hydrogens is 695 g/mol. The molecule has 0 aliphatic carbocycles. The molecule has 304 valence electrons. The van der Waals surface area contributed by atoms with Crippen molar-refractivity contribution in [1.82, 2.24) is 0 Å². The van der Waals surface area contributed by atoms with Crippen molar-refractivity contribution >= 4 is 11.4 Å². The van der Waals surface area contributed by atoms with Crippen LogP contribution in [0.15, 0.2) is 48.0 Å². The first-order valence-electron chi connectivity index (χ1n) is 21.8.